The van der Waals surface area contributed by atoms with Gasteiger partial charge in [0.2, 0.25) is 0 Å². The van der Waals surface area contributed by atoms with Crippen molar-refractivity contribution in [3.63, 3.8) is 0 Å². The SMILES string of the molecule is CCC1CO1.O=C(O)COOCC(=O)O. The summed E-state index contributed by atoms with van der Waals surface area (Å²) in [6.07, 6.45) is 1.83. The summed E-state index contributed by atoms with van der Waals surface area (Å²) in [6, 6.07) is 0. The third-order valence-electron chi connectivity index (χ3n) is 1.31. The lowest BCUT2D eigenvalue weighted by Crippen LogP contribution is -2.12. The van der Waals surface area contributed by atoms with Gasteiger partial charge >= 0.3 is 11.9 Å². The van der Waals surface area contributed by atoms with Crippen LogP contribution >= 0.6 is 0 Å². The zero-order valence-corrected chi connectivity index (χ0v) is 8.34. The third kappa shape index (κ3) is 12.8. The number of ether oxygens (including phenoxy) is 1. The van der Waals surface area contributed by atoms with Gasteiger partial charge in [-0.25, -0.2) is 19.4 Å². The zero-order chi connectivity index (χ0) is 11.7. The number of rotatable bonds is 6. The Kier molecular flexibility index (Phi) is 7.51. The van der Waals surface area contributed by atoms with Crippen LogP contribution in [0.15, 0.2) is 0 Å². The second-order valence-corrected chi connectivity index (χ2v) is 2.68. The van der Waals surface area contributed by atoms with Crippen molar-refractivity contribution in [1.82, 2.24) is 0 Å². The molecule has 88 valence electrons. The van der Waals surface area contributed by atoms with Crippen LogP contribution in [0.5, 0.6) is 0 Å². The van der Waals surface area contributed by atoms with Crippen molar-refractivity contribution in [2.75, 3.05) is 19.8 Å². The summed E-state index contributed by atoms with van der Waals surface area (Å²) in [4.78, 5) is 27.2. The Hall–Kier alpha value is -1.18. The van der Waals surface area contributed by atoms with Crippen LogP contribution in [-0.4, -0.2) is 48.1 Å². The van der Waals surface area contributed by atoms with Crippen LogP contribution in [0, 0.1) is 0 Å². The van der Waals surface area contributed by atoms with E-state index in [1.165, 1.54) is 6.42 Å². The van der Waals surface area contributed by atoms with Crippen molar-refractivity contribution >= 4 is 11.9 Å². The van der Waals surface area contributed by atoms with E-state index in [0.29, 0.717) is 6.10 Å². The van der Waals surface area contributed by atoms with Gasteiger partial charge in [0, 0.05) is 0 Å². The third-order valence-corrected chi connectivity index (χ3v) is 1.31. The lowest BCUT2D eigenvalue weighted by atomic mass is 10.4. The largest absolute Gasteiger partial charge is 0.479 e. The molecule has 7 nitrogen and oxygen atoms in total. The summed E-state index contributed by atoms with van der Waals surface area (Å²) in [6.45, 7) is 1.83. The predicted octanol–water partition coefficient (Wildman–Crippen LogP) is -0.101. The quantitative estimate of drug-likeness (QED) is 0.279. The molecular formula is C8H14O7. The maximum atomic E-state index is 9.69. The molecule has 0 saturated carbocycles. The molecule has 0 amide bonds. The Morgan fingerprint density at radius 1 is 1.27 bits per heavy atom. The molecular weight excluding hydrogens is 208 g/mol. The molecule has 0 aromatic carbocycles. The molecule has 0 radical (unpaired) electrons. The molecule has 0 spiro atoms. The van der Waals surface area contributed by atoms with Crippen molar-refractivity contribution in [3.05, 3.63) is 0 Å². The Bertz CT molecular complexity index is 183. The number of epoxide rings is 1. The molecule has 1 rings (SSSR count). The van der Waals surface area contributed by atoms with E-state index in [9.17, 15) is 9.59 Å². The minimum absolute atomic E-state index is 0.634. The Balaban J connectivity index is 0.000000322. The molecule has 2 N–H and O–H groups in total. The zero-order valence-electron chi connectivity index (χ0n) is 8.34. The molecule has 1 unspecified atom stereocenters. The monoisotopic (exact) mass is 222 g/mol. The van der Waals surface area contributed by atoms with E-state index >= 15 is 0 Å². The Labute approximate surface area is 86.5 Å². The van der Waals surface area contributed by atoms with Gasteiger partial charge in [-0.1, -0.05) is 6.92 Å². The van der Waals surface area contributed by atoms with Crippen LogP contribution in [-0.2, 0) is 24.1 Å². The first-order valence-corrected chi connectivity index (χ1v) is 4.35. The van der Waals surface area contributed by atoms with Gasteiger partial charge in [0.15, 0.2) is 13.2 Å². The number of carboxylic acid groups (broad SMARTS) is 2. The molecule has 1 atom stereocenters. The van der Waals surface area contributed by atoms with E-state index in [1.807, 2.05) is 0 Å². The summed E-state index contributed by atoms with van der Waals surface area (Å²) in [5, 5.41) is 15.9. The van der Waals surface area contributed by atoms with Gasteiger partial charge < -0.3 is 14.9 Å². The Morgan fingerprint density at radius 3 is 1.80 bits per heavy atom. The molecule has 1 heterocycles. The van der Waals surface area contributed by atoms with Gasteiger partial charge in [-0.05, 0) is 6.42 Å². The number of hydrogen-bond donors (Lipinski definition) is 2. The van der Waals surface area contributed by atoms with Crippen molar-refractivity contribution in [2.24, 2.45) is 0 Å². The maximum Gasteiger partial charge on any atom is 0.333 e. The molecule has 0 bridgehead atoms. The minimum atomic E-state index is -1.22. The molecule has 7 heteroatoms. The average molecular weight is 222 g/mol. The highest BCUT2D eigenvalue weighted by Gasteiger charge is 2.18. The lowest BCUT2D eigenvalue weighted by Gasteiger charge is -1.95. The van der Waals surface area contributed by atoms with Crippen LogP contribution in [0.3, 0.4) is 0 Å². The highest BCUT2D eigenvalue weighted by Crippen LogP contribution is 2.10. The molecule has 0 aromatic heterocycles. The van der Waals surface area contributed by atoms with E-state index in [-0.39, 0.29) is 0 Å². The fraction of sp³-hybridized carbons (Fsp3) is 0.750. The average Bonchev–Trinajstić information content (AvgIpc) is 2.96. The molecule has 1 saturated heterocycles. The van der Waals surface area contributed by atoms with Gasteiger partial charge in [-0.2, -0.15) is 0 Å². The molecule has 15 heavy (non-hydrogen) atoms. The summed E-state index contributed by atoms with van der Waals surface area (Å²) in [5.74, 6) is -2.43. The first kappa shape index (κ1) is 13.8. The van der Waals surface area contributed by atoms with Crippen LogP contribution in [0.1, 0.15) is 13.3 Å². The normalized spacial score (nSPS) is 17.5. The van der Waals surface area contributed by atoms with E-state index in [1.54, 1.807) is 0 Å². The van der Waals surface area contributed by atoms with Crippen LogP contribution in [0.2, 0.25) is 0 Å². The van der Waals surface area contributed by atoms with Gasteiger partial charge in [0.25, 0.3) is 0 Å². The molecule has 1 fully saturated rings. The van der Waals surface area contributed by atoms with E-state index < -0.39 is 25.2 Å². The van der Waals surface area contributed by atoms with Crippen LogP contribution < -0.4 is 0 Å². The van der Waals surface area contributed by atoms with Crippen molar-refractivity contribution in [1.29, 1.82) is 0 Å². The summed E-state index contributed by atoms with van der Waals surface area (Å²) in [5.41, 5.74) is 0. The van der Waals surface area contributed by atoms with Crippen molar-refractivity contribution < 1.29 is 34.3 Å². The molecule has 0 aromatic rings. The maximum absolute atomic E-state index is 9.69. The van der Waals surface area contributed by atoms with E-state index in [0.717, 1.165) is 6.61 Å². The fourth-order valence-electron chi connectivity index (χ4n) is 0.488. The smallest absolute Gasteiger partial charge is 0.333 e. The molecule has 1 aliphatic heterocycles. The number of carboxylic acids is 2. The van der Waals surface area contributed by atoms with Gasteiger partial charge in [-0.3, -0.25) is 0 Å². The second-order valence-electron chi connectivity index (χ2n) is 2.68. The van der Waals surface area contributed by atoms with Crippen LogP contribution in [0.4, 0.5) is 0 Å². The summed E-state index contributed by atoms with van der Waals surface area (Å²) >= 11 is 0. The summed E-state index contributed by atoms with van der Waals surface area (Å²) in [7, 11) is 0. The Morgan fingerprint density at radius 2 is 1.67 bits per heavy atom. The fourth-order valence-corrected chi connectivity index (χ4v) is 0.488. The number of aliphatic carboxylic acids is 2. The highest BCUT2D eigenvalue weighted by atomic mass is 17.2. The second kappa shape index (κ2) is 8.16. The van der Waals surface area contributed by atoms with Gasteiger partial charge in [0.05, 0.1) is 12.7 Å². The van der Waals surface area contributed by atoms with E-state index in [2.05, 4.69) is 16.7 Å². The topological polar surface area (TPSA) is 106 Å². The van der Waals surface area contributed by atoms with Crippen LogP contribution in [0.25, 0.3) is 0 Å². The summed E-state index contributed by atoms with van der Waals surface area (Å²) < 4.78 is 4.86. The lowest BCUT2D eigenvalue weighted by molar-refractivity contribution is -0.289. The number of hydrogen-bond acceptors (Lipinski definition) is 5. The highest BCUT2D eigenvalue weighted by molar-refractivity contribution is 5.68. The minimum Gasteiger partial charge on any atom is -0.479 e. The standard InChI is InChI=1S/C4H6O6.C4H8O/c5-3(6)1-9-10-2-4(7)8;1-2-4-3-5-4/h1-2H2,(H,5,6)(H,7,8);4H,2-3H2,1H3. The number of carbonyl (C=O) groups is 2. The molecule has 1 aliphatic rings. The van der Waals surface area contributed by atoms with Gasteiger partial charge in [-0.15, -0.1) is 0 Å². The predicted molar refractivity (Wildman–Crippen MR) is 47.2 cm³/mol. The van der Waals surface area contributed by atoms with Crippen molar-refractivity contribution in [2.45, 2.75) is 19.4 Å². The first-order valence-electron chi connectivity index (χ1n) is 4.35. The first-order chi connectivity index (χ1) is 7.06. The van der Waals surface area contributed by atoms with Gasteiger partial charge in [0.1, 0.15) is 0 Å². The van der Waals surface area contributed by atoms with E-state index in [4.69, 9.17) is 14.9 Å². The molecule has 0 aliphatic carbocycles. The van der Waals surface area contributed by atoms with Crippen molar-refractivity contribution in [3.8, 4) is 0 Å².